The third-order valence-corrected chi connectivity index (χ3v) is 7.27. The first-order valence-electron chi connectivity index (χ1n) is 10.3. The quantitative estimate of drug-likeness (QED) is 0.659. The van der Waals surface area contributed by atoms with Crippen LogP contribution in [0.4, 0.5) is 0 Å². The second kappa shape index (κ2) is 9.85. The molecule has 1 aromatic rings. The normalized spacial score (nSPS) is 21.1. The Labute approximate surface area is 169 Å². The van der Waals surface area contributed by atoms with Crippen molar-refractivity contribution in [3.05, 3.63) is 29.8 Å². The van der Waals surface area contributed by atoms with E-state index in [1.54, 1.807) is 24.3 Å². The van der Waals surface area contributed by atoms with Crippen LogP contribution in [0.2, 0.25) is 0 Å². The van der Waals surface area contributed by atoms with E-state index in [0.717, 1.165) is 19.4 Å². The van der Waals surface area contributed by atoms with Crippen molar-refractivity contribution in [2.45, 2.75) is 64.6 Å². The number of morpholine rings is 1. The SMILES string of the molecule is CCC(CC)CN(CC)C(=O)c1ccc(S(=O)(=O)N2CC(C)OC(C)C2)cc1. The first-order chi connectivity index (χ1) is 13.2. The van der Waals surface area contributed by atoms with E-state index in [-0.39, 0.29) is 23.0 Å². The van der Waals surface area contributed by atoms with Gasteiger partial charge in [0.15, 0.2) is 0 Å². The second-order valence-corrected chi connectivity index (χ2v) is 9.57. The van der Waals surface area contributed by atoms with Gasteiger partial charge in [0.2, 0.25) is 10.0 Å². The summed E-state index contributed by atoms with van der Waals surface area (Å²) in [7, 11) is -3.59. The largest absolute Gasteiger partial charge is 0.373 e. The van der Waals surface area contributed by atoms with Crippen molar-refractivity contribution in [2.24, 2.45) is 5.92 Å². The van der Waals surface area contributed by atoms with Gasteiger partial charge in [-0.25, -0.2) is 8.42 Å². The third kappa shape index (κ3) is 5.33. The lowest BCUT2D eigenvalue weighted by Crippen LogP contribution is -2.48. The Morgan fingerprint density at radius 1 is 1.11 bits per heavy atom. The van der Waals surface area contributed by atoms with Crippen molar-refractivity contribution < 1.29 is 17.9 Å². The molecule has 2 atom stereocenters. The fourth-order valence-corrected chi connectivity index (χ4v) is 5.23. The summed E-state index contributed by atoms with van der Waals surface area (Å²) in [5, 5.41) is 0. The van der Waals surface area contributed by atoms with Gasteiger partial charge in [-0.3, -0.25) is 4.79 Å². The number of carbonyl (C=O) groups is 1. The zero-order valence-corrected chi connectivity index (χ0v) is 18.5. The summed E-state index contributed by atoms with van der Waals surface area (Å²) >= 11 is 0. The van der Waals surface area contributed by atoms with Crippen molar-refractivity contribution in [2.75, 3.05) is 26.2 Å². The van der Waals surface area contributed by atoms with Crippen molar-refractivity contribution in [1.29, 1.82) is 0 Å². The van der Waals surface area contributed by atoms with Gasteiger partial charge in [-0.05, 0) is 51.0 Å². The molecule has 158 valence electrons. The Kier molecular flexibility index (Phi) is 8.04. The lowest BCUT2D eigenvalue weighted by Gasteiger charge is -2.34. The predicted molar refractivity (Wildman–Crippen MR) is 111 cm³/mol. The van der Waals surface area contributed by atoms with Gasteiger partial charge in [-0.15, -0.1) is 0 Å². The summed E-state index contributed by atoms with van der Waals surface area (Å²) in [6, 6.07) is 6.33. The molecule has 0 aromatic heterocycles. The number of rotatable bonds is 8. The zero-order valence-electron chi connectivity index (χ0n) is 17.7. The summed E-state index contributed by atoms with van der Waals surface area (Å²) < 4.78 is 33.0. The maximum Gasteiger partial charge on any atom is 0.253 e. The van der Waals surface area contributed by atoms with Gasteiger partial charge in [-0.1, -0.05) is 26.7 Å². The molecule has 2 unspecified atom stereocenters. The summed E-state index contributed by atoms with van der Waals surface area (Å²) in [4.78, 5) is 14.9. The van der Waals surface area contributed by atoms with E-state index in [1.165, 1.54) is 4.31 Å². The van der Waals surface area contributed by atoms with Crippen LogP contribution in [-0.2, 0) is 14.8 Å². The highest BCUT2D eigenvalue weighted by atomic mass is 32.2. The number of ether oxygens (including phenoxy) is 1. The minimum atomic E-state index is -3.59. The molecule has 1 heterocycles. The molecule has 0 aliphatic carbocycles. The molecule has 0 N–H and O–H groups in total. The number of nitrogens with zero attached hydrogens (tertiary/aromatic N) is 2. The molecule has 1 aliphatic rings. The van der Waals surface area contributed by atoms with Gasteiger partial charge in [0.05, 0.1) is 17.1 Å². The molecular weight excluding hydrogens is 376 g/mol. The molecule has 28 heavy (non-hydrogen) atoms. The highest BCUT2D eigenvalue weighted by Gasteiger charge is 2.32. The molecule has 1 aliphatic heterocycles. The van der Waals surface area contributed by atoms with Crippen molar-refractivity contribution in [3.63, 3.8) is 0 Å². The Hall–Kier alpha value is -1.44. The minimum absolute atomic E-state index is 0.0491. The van der Waals surface area contributed by atoms with Crippen LogP contribution in [0.15, 0.2) is 29.2 Å². The highest BCUT2D eigenvalue weighted by molar-refractivity contribution is 7.89. The molecule has 7 heteroatoms. The van der Waals surface area contributed by atoms with Crippen molar-refractivity contribution in [3.8, 4) is 0 Å². The van der Waals surface area contributed by atoms with Crippen LogP contribution in [0, 0.1) is 5.92 Å². The molecule has 6 nitrogen and oxygen atoms in total. The number of hydrogen-bond donors (Lipinski definition) is 0. The molecule has 0 radical (unpaired) electrons. The Bertz CT molecular complexity index is 734. The van der Waals surface area contributed by atoms with E-state index in [1.807, 2.05) is 25.7 Å². The fraction of sp³-hybridized carbons (Fsp3) is 0.667. The molecule has 0 saturated carbocycles. The van der Waals surface area contributed by atoms with Crippen LogP contribution < -0.4 is 0 Å². The van der Waals surface area contributed by atoms with Gasteiger partial charge in [0, 0.05) is 31.7 Å². The van der Waals surface area contributed by atoms with Crippen LogP contribution in [0.3, 0.4) is 0 Å². The van der Waals surface area contributed by atoms with Gasteiger partial charge in [0.1, 0.15) is 0 Å². The Morgan fingerprint density at radius 3 is 2.11 bits per heavy atom. The number of carbonyl (C=O) groups excluding carboxylic acids is 1. The van der Waals surface area contributed by atoms with E-state index in [0.29, 0.717) is 31.1 Å². The predicted octanol–water partition coefficient (Wildman–Crippen LogP) is 3.38. The first kappa shape index (κ1) is 22.8. The van der Waals surface area contributed by atoms with Crippen LogP contribution in [0.1, 0.15) is 57.8 Å². The molecule has 1 amide bonds. The monoisotopic (exact) mass is 410 g/mol. The summed E-state index contributed by atoms with van der Waals surface area (Å²) in [6.45, 7) is 12.0. The number of hydrogen-bond acceptors (Lipinski definition) is 4. The lowest BCUT2D eigenvalue weighted by atomic mass is 10.0. The molecule has 1 aromatic carbocycles. The number of benzene rings is 1. The van der Waals surface area contributed by atoms with E-state index in [9.17, 15) is 13.2 Å². The standard InChI is InChI=1S/C21H34N2O4S/c1-6-18(7-2)15-22(8-3)21(24)19-9-11-20(12-10-19)28(25,26)23-13-16(4)27-17(5)14-23/h9-12,16-18H,6-8,13-15H2,1-5H3. The van der Waals surface area contributed by atoms with E-state index in [4.69, 9.17) is 4.74 Å². The molecule has 1 saturated heterocycles. The summed E-state index contributed by atoms with van der Waals surface area (Å²) in [6.07, 6.45) is 1.80. The maximum atomic E-state index is 12.9. The van der Waals surface area contributed by atoms with Gasteiger partial charge in [0.25, 0.3) is 5.91 Å². The van der Waals surface area contributed by atoms with Crippen molar-refractivity contribution in [1.82, 2.24) is 9.21 Å². The first-order valence-corrected chi connectivity index (χ1v) is 11.7. The number of sulfonamides is 1. The van der Waals surface area contributed by atoms with Crippen LogP contribution in [0.5, 0.6) is 0 Å². The van der Waals surface area contributed by atoms with E-state index < -0.39 is 10.0 Å². The highest BCUT2D eigenvalue weighted by Crippen LogP contribution is 2.22. The molecule has 1 fully saturated rings. The summed E-state index contributed by atoms with van der Waals surface area (Å²) in [5.74, 6) is 0.431. The van der Waals surface area contributed by atoms with E-state index >= 15 is 0 Å². The minimum Gasteiger partial charge on any atom is -0.373 e. The fourth-order valence-electron chi connectivity index (χ4n) is 3.64. The molecular formula is C21H34N2O4S. The van der Waals surface area contributed by atoms with Gasteiger partial charge in [-0.2, -0.15) is 4.31 Å². The zero-order chi connectivity index (χ0) is 20.9. The molecule has 0 bridgehead atoms. The van der Waals surface area contributed by atoms with Crippen LogP contribution >= 0.6 is 0 Å². The van der Waals surface area contributed by atoms with Crippen LogP contribution in [-0.4, -0.2) is 61.9 Å². The average Bonchev–Trinajstić information content (AvgIpc) is 2.68. The average molecular weight is 411 g/mol. The lowest BCUT2D eigenvalue weighted by molar-refractivity contribution is -0.0440. The Balaban J connectivity index is 2.16. The van der Waals surface area contributed by atoms with Gasteiger partial charge >= 0.3 is 0 Å². The van der Waals surface area contributed by atoms with Crippen molar-refractivity contribution >= 4 is 15.9 Å². The second-order valence-electron chi connectivity index (χ2n) is 7.63. The summed E-state index contributed by atoms with van der Waals surface area (Å²) in [5.41, 5.74) is 0.524. The number of amides is 1. The van der Waals surface area contributed by atoms with Gasteiger partial charge < -0.3 is 9.64 Å². The Morgan fingerprint density at radius 2 is 1.64 bits per heavy atom. The smallest absolute Gasteiger partial charge is 0.253 e. The topological polar surface area (TPSA) is 66.9 Å². The van der Waals surface area contributed by atoms with Crippen LogP contribution in [0.25, 0.3) is 0 Å². The maximum absolute atomic E-state index is 12.9. The van der Waals surface area contributed by atoms with E-state index in [2.05, 4.69) is 13.8 Å². The third-order valence-electron chi connectivity index (χ3n) is 5.43. The molecule has 2 rings (SSSR count). The molecule has 0 spiro atoms.